The molecule has 0 radical (unpaired) electrons. The van der Waals surface area contributed by atoms with Gasteiger partial charge < -0.3 is 15.2 Å². The topological polar surface area (TPSA) is 58.6 Å². The predicted molar refractivity (Wildman–Crippen MR) is 79.9 cm³/mol. The first-order chi connectivity index (χ1) is 10.2. The van der Waals surface area contributed by atoms with E-state index < -0.39 is 0 Å². The van der Waals surface area contributed by atoms with Crippen molar-refractivity contribution in [2.75, 3.05) is 19.0 Å². The lowest BCUT2D eigenvalue weighted by Gasteiger charge is -2.11. The highest BCUT2D eigenvalue weighted by Crippen LogP contribution is 2.57. The molecule has 0 saturated heterocycles. The van der Waals surface area contributed by atoms with Crippen LogP contribution >= 0.6 is 0 Å². The average Bonchev–Trinajstić information content (AvgIpc) is 2.99. The van der Waals surface area contributed by atoms with Gasteiger partial charge in [-0.25, -0.2) is 0 Å². The van der Waals surface area contributed by atoms with Crippen LogP contribution in [0.15, 0.2) is 18.2 Å². The Morgan fingerprint density at radius 2 is 2.19 bits per heavy atom. The maximum absolute atomic E-state index is 12.3. The van der Waals surface area contributed by atoms with E-state index in [0.29, 0.717) is 23.3 Å². The summed E-state index contributed by atoms with van der Waals surface area (Å²) in [6.07, 6.45) is 3.62. The molecule has 4 nitrogen and oxygen atoms in total. The van der Waals surface area contributed by atoms with Gasteiger partial charge in [0.2, 0.25) is 5.91 Å². The second-order valence-electron chi connectivity index (χ2n) is 5.65. The molecule has 2 aliphatic rings. The third kappa shape index (κ3) is 2.74. The number of aliphatic hydroxyl groups is 1. The molecule has 3 rings (SSSR count). The summed E-state index contributed by atoms with van der Waals surface area (Å²) in [5.74, 6) is 7.52. The standard InChI is InChI=1S/C17H19NO3/c1-21-15-8-7-11(4-3-9-19)10-14(15)18-17(20)16-12-5-2-6-13(12)16/h7-8,10,12-13,16,19H,2,5-6,9H2,1H3,(H,18,20). The van der Waals surface area contributed by atoms with Gasteiger partial charge >= 0.3 is 0 Å². The Morgan fingerprint density at radius 1 is 1.43 bits per heavy atom. The molecule has 1 aromatic carbocycles. The van der Waals surface area contributed by atoms with Crippen LogP contribution in [-0.4, -0.2) is 24.7 Å². The first kappa shape index (κ1) is 14.0. The molecule has 2 atom stereocenters. The summed E-state index contributed by atoms with van der Waals surface area (Å²) >= 11 is 0. The number of carbonyl (C=O) groups is 1. The van der Waals surface area contributed by atoms with Crippen LogP contribution < -0.4 is 10.1 Å². The van der Waals surface area contributed by atoms with Crippen molar-refractivity contribution < 1.29 is 14.6 Å². The minimum absolute atomic E-state index is 0.0928. The number of carbonyl (C=O) groups excluding carboxylic acids is 1. The van der Waals surface area contributed by atoms with Crippen LogP contribution in [0.3, 0.4) is 0 Å². The van der Waals surface area contributed by atoms with E-state index in [-0.39, 0.29) is 18.4 Å². The van der Waals surface area contributed by atoms with Gasteiger partial charge in [-0.2, -0.15) is 0 Å². The maximum atomic E-state index is 12.3. The van der Waals surface area contributed by atoms with Crippen LogP contribution in [0.5, 0.6) is 5.75 Å². The number of anilines is 1. The van der Waals surface area contributed by atoms with Crippen molar-refractivity contribution in [1.82, 2.24) is 0 Å². The summed E-state index contributed by atoms with van der Waals surface area (Å²) < 4.78 is 5.29. The van der Waals surface area contributed by atoms with E-state index in [4.69, 9.17) is 9.84 Å². The molecule has 0 heterocycles. The maximum Gasteiger partial charge on any atom is 0.228 e. The Hall–Kier alpha value is -1.99. The Morgan fingerprint density at radius 3 is 2.86 bits per heavy atom. The lowest BCUT2D eigenvalue weighted by molar-refractivity contribution is -0.118. The smallest absolute Gasteiger partial charge is 0.228 e. The fourth-order valence-corrected chi connectivity index (χ4v) is 3.45. The van der Waals surface area contributed by atoms with E-state index in [1.54, 1.807) is 19.2 Å². The van der Waals surface area contributed by atoms with Crippen LogP contribution in [0, 0.1) is 29.6 Å². The minimum atomic E-state index is -0.181. The van der Waals surface area contributed by atoms with Gasteiger partial charge in [0.25, 0.3) is 0 Å². The average molecular weight is 285 g/mol. The lowest BCUT2D eigenvalue weighted by Crippen LogP contribution is -2.17. The number of fused-ring (bicyclic) bond motifs is 1. The summed E-state index contributed by atoms with van der Waals surface area (Å²) in [5, 5.41) is 11.7. The number of amides is 1. The van der Waals surface area contributed by atoms with Gasteiger partial charge in [0.15, 0.2) is 0 Å². The van der Waals surface area contributed by atoms with Gasteiger partial charge in [-0.15, -0.1) is 0 Å². The van der Waals surface area contributed by atoms with E-state index >= 15 is 0 Å². The molecule has 4 heteroatoms. The number of rotatable bonds is 3. The molecule has 0 aliphatic heterocycles. The molecule has 110 valence electrons. The van der Waals surface area contributed by atoms with E-state index in [9.17, 15) is 4.79 Å². The molecule has 2 N–H and O–H groups in total. The fourth-order valence-electron chi connectivity index (χ4n) is 3.45. The molecule has 21 heavy (non-hydrogen) atoms. The molecule has 2 fully saturated rings. The van der Waals surface area contributed by atoms with Crippen LogP contribution in [-0.2, 0) is 4.79 Å². The van der Waals surface area contributed by atoms with Gasteiger partial charge in [0.05, 0.1) is 12.8 Å². The van der Waals surface area contributed by atoms with E-state index in [2.05, 4.69) is 17.2 Å². The van der Waals surface area contributed by atoms with Crippen LogP contribution in [0.25, 0.3) is 0 Å². The Labute approximate surface area is 124 Å². The number of hydrogen-bond acceptors (Lipinski definition) is 3. The van der Waals surface area contributed by atoms with Gasteiger partial charge in [-0.05, 0) is 42.9 Å². The summed E-state index contributed by atoms with van der Waals surface area (Å²) in [6, 6.07) is 5.38. The highest BCUT2D eigenvalue weighted by atomic mass is 16.5. The molecular weight excluding hydrogens is 266 g/mol. The van der Waals surface area contributed by atoms with E-state index in [1.165, 1.54) is 19.3 Å². The van der Waals surface area contributed by atoms with Crippen LogP contribution in [0.2, 0.25) is 0 Å². The number of nitrogens with one attached hydrogen (secondary N) is 1. The molecule has 2 saturated carbocycles. The van der Waals surface area contributed by atoms with Crippen molar-refractivity contribution in [3.63, 3.8) is 0 Å². The van der Waals surface area contributed by atoms with Gasteiger partial charge in [-0.1, -0.05) is 18.3 Å². The molecular formula is C17H19NO3. The molecule has 0 spiro atoms. The molecule has 2 unspecified atom stereocenters. The van der Waals surface area contributed by atoms with Gasteiger partial charge in [0.1, 0.15) is 12.4 Å². The molecule has 0 bridgehead atoms. The van der Waals surface area contributed by atoms with Crippen molar-refractivity contribution in [2.24, 2.45) is 17.8 Å². The zero-order valence-corrected chi connectivity index (χ0v) is 12.1. The second kappa shape index (κ2) is 5.79. The second-order valence-corrected chi connectivity index (χ2v) is 5.65. The third-order valence-corrected chi connectivity index (χ3v) is 4.48. The van der Waals surface area contributed by atoms with Crippen molar-refractivity contribution in [3.8, 4) is 17.6 Å². The summed E-state index contributed by atoms with van der Waals surface area (Å²) in [6.45, 7) is -0.181. The minimum Gasteiger partial charge on any atom is -0.495 e. The molecule has 1 amide bonds. The highest BCUT2D eigenvalue weighted by molar-refractivity contribution is 5.96. The predicted octanol–water partition coefficient (Wildman–Crippen LogP) is 2.02. The van der Waals surface area contributed by atoms with Crippen molar-refractivity contribution in [1.29, 1.82) is 0 Å². The lowest BCUT2D eigenvalue weighted by atomic mass is 10.1. The number of aliphatic hydroxyl groups excluding tert-OH is 1. The summed E-state index contributed by atoms with van der Waals surface area (Å²) in [7, 11) is 1.58. The van der Waals surface area contributed by atoms with Gasteiger partial charge in [-0.3, -0.25) is 4.79 Å². The summed E-state index contributed by atoms with van der Waals surface area (Å²) in [5.41, 5.74) is 1.40. The zero-order chi connectivity index (χ0) is 14.8. The fraction of sp³-hybridized carbons (Fsp3) is 0.471. The largest absolute Gasteiger partial charge is 0.495 e. The molecule has 2 aliphatic carbocycles. The number of ether oxygens (including phenoxy) is 1. The van der Waals surface area contributed by atoms with Crippen molar-refractivity contribution in [3.05, 3.63) is 23.8 Å². The quantitative estimate of drug-likeness (QED) is 0.835. The summed E-state index contributed by atoms with van der Waals surface area (Å²) in [4.78, 5) is 12.3. The van der Waals surface area contributed by atoms with Crippen LogP contribution in [0.4, 0.5) is 5.69 Å². The normalized spacial score (nSPS) is 25.5. The SMILES string of the molecule is COc1ccc(C#CCO)cc1NC(=O)C1C2CCCC21. The van der Waals surface area contributed by atoms with Crippen molar-refractivity contribution >= 4 is 11.6 Å². The molecule has 0 aromatic heterocycles. The van der Waals surface area contributed by atoms with Crippen molar-refractivity contribution in [2.45, 2.75) is 19.3 Å². The number of benzene rings is 1. The highest BCUT2D eigenvalue weighted by Gasteiger charge is 2.56. The zero-order valence-electron chi connectivity index (χ0n) is 12.1. The van der Waals surface area contributed by atoms with E-state index in [0.717, 1.165) is 5.56 Å². The Kier molecular flexibility index (Phi) is 3.85. The number of methoxy groups -OCH3 is 1. The first-order valence-corrected chi connectivity index (χ1v) is 7.33. The van der Waals surface area contributed by atoms with Gasteiger partial charge in [0, 0.05) is 11.5 Å². The Bertz CT molecular complexity index is 604. The first-order valence-electron chi connectivity index (χ1n) is 7.33. The monoisotopic (exact) mass is 285 g/mol. The number of hydrogen-bond donors (Lipinski definition) is 2. The Balaban J connectivity index is 1.75. The third-order valence-electron chi connectivity index (χ3n) is 4.48. The molecule has 1 aromatic rings. The van der Waals surface area contributed by atoms with E-state index in [1.807, 2.05) is 6.07 Å². The van der Waals surface area contributed by atoms with Crippen LogP contribution in [0.1, 0.15) is 24.8 Å².